The van der Waals surface area contributed by atoms with E-state index in [0.717, 1.165) is 38.1 Å². The van der Waals surface area contributed by atoms with Gasteiger partial charge in [0.1, 0.15) is 0 Å². The van der Waals surface area contributed by atoms with Gasteiger partial charge in [-0.3, -0.25) is 0 Å². The highest BCUT2D eigenvalue weighted by molar-refractivity contribution is 4.77. The standard InChI is InChI=1S/C8H17NO/c1-3-10-6-8-5-9-4-7(8)2/h7-9H,3-6H2,1-2H3/t7-,8-/m0/s1. The van der Waals surface area contributed by atoms with Crippen molar-refractivity contribution in [2.24, 2.45) is 11.8 Å². The predicted molar refractivity (Wildman–Crippen MR) is 42.0 cm³/mol. The summed E-state index contributed by atoms with van der Waals surface area (Å²) >= 11 is 0. The summed E-state index contributed by atoms with van der Waals surface area (Å²) in [4.78, 5) is 0. The number of ether oxygens (including phenoxy) is 1. The highest BCUT2D eigenvalue weighted by Crippen LogP contribution is 2.15. The Labute approximate surface area is 63.0 Å². The van der Waals surface area contributed by atoms with Gasteiger partial charge in [-0.05, 0) is 25.3 Å². The van der Waals surface area contributed by atoms with Crippen LogP contribution in [0.5, 0.6) is 0 Å². The smallest absolute Gasteiger partial charge is 0.0509 e. The second-order valence-corrected chi connectivity index (χ2v) is 3.06. The van der Waals surface area contributed by atoms with Crippen LogP contribution in [0.2, 0.25) is 0 Å². The summed E-state index contributed by atoms with van der Waals surface area (Å²) in [7, 11) is 0. The third-order valence-corrected chi connectivity index (χ3v) is 2.21. The molecule has 1 saturated heterocycles. The SMILES string of the molecule is CCOC[C@@H]1CNC[C@@H]1C. The molecule has 0 amide bonds. The molecule has 0 bridgehead atoms. The van der Waals surface area contributed by atoms with E-state index in [9.17, 15) is 0 Å². The van der Waals surface area contributed by atoms with Gasteiger partial charge in [-0.1, -0.05) is 6.92 Å². The number of hydrogen-bond donors (Lipinski definition) is 1. The summed E-state index contributed by atoms with van der Waals surface area (Å²) in [5, 5.41) is 3.35. The molecule has 1 aliphatic heterocycles. The molecule has 0 saturated carbocycles. The molecule has 1 rings (SSSR count). The van der Waals surface area contributed by atoms with Gasteiger partial charge in [0.15, 0.2) is 0 Å². The first kappa shape index (κ1) is 8.02. The second-order valence-electron chi connectivity index (χ2n) is 3.06. The zero-order valence-electron chi connectivity index (χ0n) is 6.89. The minimum atomic E-state index is 0.750. The molecule has 60 valence electrons. The average Bonchev–Trinajstić information content (AvgIpc) is 2.31. The first-order valence-corrected chi connectivity index (χ1v) is 4.13. The molecule has 0 unspecified atom stereocenters. The van der Waals surface area contributed by atoms with Crippen LogP contribution in [0.3, 0.4) is 0 Å². The van der Waals surface area contributed by atoms with E-state index < -0.39 is 0 Å². The quantitative estimate of drug-likeness (QED) is 0.633. The van der Waals surface area contributed by atoms with Crippen molar-refractivity contribution < 1.29 is 4.74 Å². The largest absolute Gasteiger partial charge is 0.381 e. The molecule has 2 atom stereocenters. The predicted octanol–water partition coefficient (Wildman–Crippen LogP) is 0.878. The molecule has 2 heteroatoms. The Balaban J connectivity index is 2.14. The van der Waals surface area contributed by atoms with Crippen molar-refractivity contribution in [3.8, 4) is 0 Å². The summed E-state index contributed by atoms with van der Waals surface area (Å²) < 4.78 is 5.35. The van der Waals surface area contributed by atoms with Gasteiger partial charge in [0.05, 0.1) is 6.61 Å². The minimum absolute atomic E-state index is 0.750. The van der Waals surface area contributed by atoms with Gasteiger partial charge >= 0.3 is 0 Å². The van der Waals surface area contributed by atoms with Crippen molar-refractivity contribution in [1.82, 2.24) is 5.32 Å². The zero-order chi connectivity index (χ0) is 7.40. The van der Waals surface area contributed by atoms with Crippen molar-refractivity contribution >= 4 is 0 Å². The second kappa shape index (κ2) is 3.94. The molecule has 1 N–H and O–H groups in total. The normalized spacial score (nSPS) is 33.0. The number of rotatable bonds is 3. The van der Waals surface area contributed by atoms with Crippen LogP contribution in [-0.4, -0.2) is 26.3 Å². The van der Waals surface area contributed by atoms with E-state index in [2.05, 4.69) is 12.2 Å². The summed E-state index contributed by atoms with van der Waals surface area (Å²) in [6.07, 6.45) is 0. The van der Waals surface area contributed by atoms with E-state index in [4.69, 9.17) is 4.74 Å². The van der Waals surface area contributed by atoms with Gasteiger partial charge in [0.25, 0.3) is 0 Å². The lowest BCUT2D eigenvalue weighted by atomic mass is 9.99. The lowest BCUT2D eigenvalue weighted by Crippen LogP contribution is -2.16. The van der Waals surface area contributed by atoms with Crippen molar-refractivity contribution in [1.29, 1.82) is 0 Å². The van der Waals surface area contributed by atoms with Gasteiger partial charge in [-0.25, -0.2) is 0 Å². The fourth-order valence-electron chi connectivity index (χ4n) is 1.36. The molecule has 0 radical (unpaired) electrons. The first-order valence-electron chi connectivity index (χ1n) is 4.13. The summed E-state index contributed by atoms with van der Waals surface area (Å²) in [5.74, 6) is 1.55. The molecule has 0 aromatic heterocycles. The van der Waals surface area contributed by atoms with Crippen molar-refractivity contribution in [3.05, 3.63) is 0 Å². The van der Waals surface area contributed by atoms with Crippen LogP contribution in [0.4, 0.5) is 0 Å². The maximum Gasteiger partial charge on any atom is 0.0509 e. The van der Waals surface area contributed by atoms with Gasteiger partial charge in [-0.2, -0.15) is 0 Å². The molecule has 2 nitrogen and oxygen atoms in total. The molecule has 1 aliphatic rings. The Morgan fingerprint density at radius 1 is 1.50 bits per heavy atom. The molecule has 0 aromatic carbocycles. The fraction of sp³-hybridized carbons (Fsp3) is 1.00. The van der Waals surface area contributed by atoms with E-state index >= 15 is 0 Å². The Bertz CT molecular complexity index is 95.3. The topological polar surface area (TPSA) is 21.3 Å². The van der Waals surface area contributed by atoms with Crippen molar-refractivity contribution in [3.63, 3.8) is 0 Å². The third kappa shape index (κ3) is 1.96. The van der Waals surface area contributed by atoms with Gasteiger partial charge in [-0.15, -0.1) is 0 Å². The van der Waals surface area contributed by atoms with Crippen LogP contribution >= 0.6 is 0 Å². The molecular formula is C8H17NO. The molecule has 0 aromatic rings. The van der Waals surface area contributed by atoms with E-state index in [0.29, 0.717) is 0 Å². The van der Waals surface area contributed by atoms with Gasteiger partial charge < -0.3 is 10.1 Å². The maximum atomic E-state index is 5.35. The van der Waals surface area contributed by atoms with Crippen LogP contribution in [0.25, 0.3) is 0 Å². The number of nitrogens with one attached hydrogen (secondary N) is 1. The van der Waals surface area contributed by atoms with Crippen LogP contribution in [0.1, 0.15) is 13.8 Å². The van der Waals surface area contributed by atoms with Crippen molar-refractivity contribution in [2.45, 2.75) is 13.8 Å². The molecular weight excluding hydrogens is 126 g/mol. The lowest BCUT2D eigenvalue weighted by molar-refractivity contribution is 0.104. The van der Waals surface area contributed by atoms with E-state index in [1.807, 2.05) is 6.92 Å². The Morgan fingerprint density at radius 2 is 2.30 bits per heavy atom. The van der Waals surface area contributed by atoms with Crippen LogP contribution in [0, 0.1) is 11.8 Å². The van der Waals surface area contributed by atoms with E-state index in [1.165, 1.54) is 0 Å². The minimum Gasteiger partial charge on any atom is -0.381 e. The summed E-state index contributed by atoms with van der Waals surface area (Å²) in [5.41, 5.74) is 0. The zero-order valence-corrected chi connectivity index (χ0v) is 6.89. The third-order valence-electron chi connectivity index (χ3n) is 2.21. The lowest BCUT2D eigenvalue weighted by Gasteiger charge is -2.12. The Morgan fingerprint density at radius 3 is 2.80 bits per heavy atom. The summed E-state index contributed by atoms with van der Waals surface area (Å²) in [6, 6.07) is 0. The maximum absolute atomic E-state index is 5.35. The molecule has 1 heterocycles. The Hall–Kier alpha value is -0.0800. The molecule has 0 aliphatic carbocycles. The first-order chi connectivity index (χ1) is 4.84. The highest BCUT2D eigenvalue weighted by atomic mass is 16.5. The van der Waals surface area contributed by atoms with Crippen LogP contribution in [0.15, 0.2) is 0 Å². The monoisotopic (exact) mass is 143 g/mol. The van der Waals surface area contributed by atoms with E-state index in [1.54, 1.807) is 0 Å². The van der Waals surface area contributed by atoms with Gasteiger partial charge in [0, 0.05) is 13.2 Å². The number of hydrogen-bond acceptors (Lipinski definition) is 2. The average molecular weight is 143 g/mol. The van der Waals surface area contributed by atoms with Crippen LogP contribution < -0.4 is 5.32 Å². The molecule has 1 fully saturated rings. The van der Waals surface area contributed by atoms with E-state index in [-0.39, 0.29) is 0 Å². The Kier molecular flexibility index (Phi) is 3.16. The van der Waals surface area contributed by atoms with Crippen molar-refractivity contribution in [2.75, 3.05) is 26.3 Å². The highest BCUT2D eigenvalue weighted by Gasteiger charge is 2.22. The van der Waals surface area contributed by atoms with Gasteiger partial charge in [0.2, 0.25) is 0 Å². The van der Waals surface area contributed by atoms with Crippen LogP contribution in [-0.2, 0) is 4.74 Å². The fourth-order valence-corrected chi connectivity index (χ4v) is 1.36. The molecule has 10 heavy (non-hydrogen) atoms. The molecule has 0 spiro atoms. The summed E-state index contributed by atoms with van der Waals surface area (Å²) in [6.45, 7) is 8.42.